The quantitative estimate of drug-likeness (QED) is 0.508. The van der Waals surface area contributed by atoms with Crippen LogP contribution in [0.25, 0.3) is 11.0 Å². The maximum absolute atomic E-state index is 12.4. The first kappa shape index (κ1) is 18.6. The number of imidazole rings is 1. The van der Waals surface area contributed by atoms with E-state index in [-0.39, 0.29) is 18.4 Å². The first-order valence-electron chi connectivity index (χ1n) is 9.07. The summed E-state index contributed by atoms with van der Waals surface area (Å²) in [5, 5.41) is 2.85. The minimum Gasteiger partial charge on any atom is -0.462 e. The first-order chi connectivity index (χ1) is 13.1. The van der Waals surface area contributed by atoms with E-state index in [2.05, 4.69) is 10.3 Å². The molecule has 0 fully saturated rings. The number of aryl methyl sites for hydroxylation is 1. The highest BCUT2D eigenvalue weighted by Crippen LogP contribution is 2.16. The summed E-state index contributed by atoms with van der Waals surface area (Å²) >= 11 is 0. The van der Waals surface area contributed by atoms with Crippen LogP contribution >= 0.6 is 0 Å². The zero-order valence-corrected chi connectivity index (χ0v) is 15.6. The molecule has 27 heavy (non-hydrogen) atoms. The van der Waals surface area contributed by atoms with Crippen LogP contribution in [-0.4, -0.2) is 28.0 Å². The molecule has 0 aliphatic carbocycles. The molecule has 0 radical (unpaired) electrons. The van der Waals surface area contributed by atoms with Crippen LogP contribution in [0.5, 0.6) is 0 Å². The number of amides is 1. The molecule has 2 aromatic carbocycles. The minimum atomic E-state index is -0.346. The van der Waals surface area contributed by atoms with Crippen molar-refractivity contribution < 1.29 is 14.3 Å². The zero-order chi connectivity index (χ0) is 19.2. The lowest BCUT2D eigenvalue weighted by Gasteiger charge is -2.09. The highest BCUT2D eigenvalue weighted by molar-refractivity contribution is 5.93. The van der Waals surface area contributed by atoms with Crippen molar-refractivity contribution in [3.8, 4) is 0 Å². The van der Waals surface area contributed by atoms with E-state index in [4.69, 9.17) is 4.74 Å². The molecule has 0 aliphatic rings. The van der Waals surface area contributed by atoms with Gasteiger partial charge in [-0.1, -0.05) is 25.5 Å². The Morgan fingerprint density at radius 2 is 1.85 bits per heavy atom. The molecule has 0 saturated heterocycles. The van der Waals surface area contributed by atoms with Crippen LogP contribution in [0.3, 0.4) is 0 Å². The molecule has 3 aromatic rings. The van der Waals surface area contributed by atoms with Crippen molar-refractivity contribution in [1.82, 2.24) is 9.55 Å². The van der Waals surface area contributed by atoms with Gasteiger partial charge >= 0.3 is 5.97 Å². The van der Waals surface area contributed by atoms with Crippen molar-refractivity contribution >= 4 is 28.6 Å². The molecule has 3 rings (SSSR count). The number of rotatable bonds is 7. The van der Waals surface area contributed by atoms with Crippen molar-refractivity contribution in [1.29, 1.82) is 0 Å². The number of ether oxygens (including phenoxy) is 1. The molecule has 0 aliphatic heterocycles. The number of anilines is 1. The molecule has 140 valence electrons. The predicted molar refractivity (Wildman–Crippen MR) is 105 cm³/mol. The van der Waals surface area contributed by atoms with Crippen LogP contribution in [0, 0.1) is 6.92 Å². The standard InChI is InChI=1S/C21H23N3O3/c1-3-4-13-27-21(26)16-9-11-17(12-10-16)23-20(25)14-24-15(2)22-18-7-5-6-8-19(18)24/h5-12H,3-4,13-14H2,1-2H3,(H,23,25). The monoisotopic (exact) mass is 365 g/mol. The van der Waals surface area contributed by atoms with Crippen molar-refractivity contribution in [2.24, 2.45) is 0 Å². The molecule has 0 atom stereocenters. The summed E-state index contributed by atoms with van der Waals surface area (Å²) in [6.45, 7) is 4.52. The lowest BCUT2D eigenvalue weighted by molar-refractivity contribution is -0.116. The number of nitrogens with zero attached hydrogens (tertiary/aromatic N) is 2. The van der Waals surface area contributed by atoms with Crippen molar-refractivity contribution in [3.63, 3.8) is 0 Å². The van der Waals surface area contributed by atoms with E-state index in [0.29, 0.717) is 17.9 Å². The molecule has 6 nitrogen and oxygen atoms in total. The summed E-state index contributed by atoms with van der Waals surface area (Å²) in [4.78, 5) is 28.8. The van der Waals surface area contributed by atoms with Crippen LogP contribution in [0.2, 0.25) is 0 Å². The maximum Gasteiger partial charge on any atom is 0.338 e. The Kier molecular flexibility index (Phi) is 5.86. The normalized spacial score (nSPS) is 10.7. The van der Waals surface area contributed by atoms with Crippen LogP contribution in [0.15, 0.2) is 48.5 Å². The van der Waals surface area contributed by atoms with Crippen molar-refractivity contribution in [3.05, 3.63) is 59.9 Å². The van der Waals surface area contributed by atoms with Crippen LogP contribution in [0.4, 0.5) is 5.69 Å². The Bertz CT molecular complexity index is 945. The number of esters is 1. The Labute approximate surface area is 158 Å². The number of unbranched alkanes of at least 4 members (excludes halogenated alkanes) is 1. The third kappa shape index (κ3) is 4.53. The van der Waals surface area contributed by atoms with Gasteiger partial charge in [-0.05, 0) is 49.7 Å². The Hall–Kier alpha value is -3.15. The molecule has 0 saturated carbocycles. The second-order valence-electron chi connectivity index (χ2n) is 6.35. The van der Waals surface area contributed by atoms with Gasteiger partial charge in [-0.15, -0.1) is 0 Å². The van der Waals surface area contributed by atoms with E-state index in [1.54, 1.807) is 24.3 Å². The summed E-state index contributed by atoms with van der Waals surface area (Å²) in [7, 11) is 0. The number of para-hydroxylation sites is 2. The number of nitrogens with one attached hydrogen (secondary N) is 1. The number of fused-ring (bicyclic) bond motifs is 1. The van der Waals surface area contributed by atoms with E-state index in [1.807, 2.05) is 42.7 Å². The maximum atomic E-state index is 12.4. The fourth-order valence-electron chi connectivity index (χ4n) is 2.82. The number of benzene rings is 2. The zero-order valence-electron chi connectivity index (χ0n) is 15.6. The largest absolute Gasteiger partial charge is 0.462 e. The number of aromatic nitrogens is 2. The topological polar surface area (TPSA) is 73.2 Å². The average molecular weight is 365 g/mol. The first-order valence-corrected chi connectivity index (χ1v) is 9.07. The molecule has 1 aromatic heterocycles. The van der Waals surface area contributed by atoms with Crippen LogP contribution in [0.1, 0.15) is 35.9 Å². The lowest BCUT2D eigenvalue weighted by Crippen LogP contribution is -2.19. The van der Waals surface area contributed by atoms with Crippen molar-refractivity contribution in [2.45, 2.75) is 33.2 Å². The van der Waals surface area contributed by atoms with E-state index >= 15 is 0 Å². The second-order valence-corrected chi connectivity index (χ2v) is 6.35. The summed E-state index contributed by atoms with van der Waals surface area (Å²) in [6, 6.07) is 14.4. The highest BCUT2D eigenvalue weighted by atomic mass is 16.5. The van der Waals surface area contributed by atoms with Gasteiger partial charge in [0, 0.05) is 5.69 Å². The second kappa shape index (κ2) is 8.49. The Morgan fingerprint density at radius 3 is 2.59 bits per heavy atom. The molecule has 6 heteroatoms. The lowest BCUT2D eigenvalue weighted by atomic mass is 10.2. The highest BCUT2D eigenvalue weighted by Gasteiger charge is 2.12. The van der Waals surface area contributed by atoms with E-state index < -0.39 is 0 Å². The summed E-state index contributed by atoms with van der Waals surface area (Å²) < 4.78 is 7.06. The third-order valence-corrected chi connectivity index (χ3v) is 4.28. The molecule has 1 heterocycles. The van der Waals surface area contributed by atoms with Gasteiger partial charge in [0.05, 0.1) is 23.2 Å². The van der Waals surface area contributed by atoms with Gasteiger partial charge in [0.2, 0.25) is 5.91 Å². The minimum absolute atomic E-state index is 0.153. The van der Waals surface area contributed by atoms with E-state index in [1.165, 1.54) is 0 Å². The number of hydrogen-bond acceptors (Lipinski definition) is 4. The number of carbonyl (C=O) groups is 2. The van der Waals surface area contributed by atoms with Crippen molar-refractivity contribution in [2.75, 3.05) is 11.9 Å². The Morgan fingerprint density at radius 1 is 1.11 bits per heavy atom. The van der Waals surface area contributed by atoms with E-state index in [0.717, 1.165) is 29.7 Å². The summed E-state index contributed by atoms with van der Waals surface area (Å²) in [5.41, 5.74) is 2.90. The third-order valence-electron chi connectivity index (χ3n) is 4.28. The van der Waals surface area contributed by atoms with Gasteiger partial charge in [-0.3, -0.25) is 4.79 Å². The van der Waals surface area contributed by atoms with Gasteiger partial charge in [0.15, 0.2) is 0 Å². The predicted octanol–water partition coefficient (Wildman–Crippen LogP) is 3.94. The van der Waals surface area contributed by atoms with Gasteiger partial charge in [0.1, 0.15) is 12.4 Å². The summed E-state index contributed by atoms with van der Waals surface area (Å²) in [6.07, 6.45) is 1.83. The van der Waals surface area contributed by atoms with Crippen LogP contribution in [-0.2, 0) is 16.1 Å². The van der Waals surface area contributed by atoms with Gasteiger partial charge in [-0.25, -0.2) is 9.78 Å². The molecule has 0 spiro atoms. The fraction of sp³-hybridized carbons (Fsp3) is 0.286. The number of hydrogen-bond donors (Lipinski definition) is 1. The molecule has 0 bridgehead atoms. The average Bonchev–Trinajstić information content (AvgIpc) is 2.98. The number of carbonyl (C=O) groups excluding carboxylic acids is 2. The molecule has 1 N–H and O–H groups in total. The van der Waals surface area contributed by atoms with Crippen LogP contribution < -0.4 is 5.32 Å². The molecule has 1 amide bonds. The SMILES string of the molecule is CCCCOC(=O)c1ccc(NC(=O)Cn2c(C)nc3ccccc32)cc1. The van der Waals surface area contributed by atoms with Gasteiger partial charge in [-0.2, -0.15) is 0 Å². The smallest absolute Gasteiger partial charge is 0.338 e. The Balaban J connectivity index is 1.62. The summed E-state index contributed by atoms with van der Waals surface area (Å²) in [5.74, 6) is 0.290. The van der Waals surface area contributed by atoms with Gasteiger partial charge < -0.3 is 14.6 Å². The molecular formula is C21H23N3O3. The van der Waals surface area contributed by atoms with E-state index in [9.17, 15) is 9.59 Å². The molecule has 0 unspecified atom stereocenters. The molecular weight excluding hydrogens is 342 g/mol. The fourth-order valence-corrected chi connectivity index (χ4v) is 2.82. The van der Waals surface area contributed by atoms with Gasteiger partial charge in [0.25, 0.3) is 0 Å².